The van der Waals surface area contributed by atoms with Gasteiger partial charge in [0.1, 0.15) is 6.54 Å². The average Bonchev–Trinajstić information content (AvgIpc) is 2.42. The first kappa shape index (κ1) is 15.4. The zero-order valence-corrected chi connectivity index (χ0v) is 13.0. The number of aliphatic imine (C=N–C) groups is 1. The predicted octanol–water partition coefficient (Wildman–Crippen LogP) is 1.27. The number of rotatable bonds is 2. The van der Waals surface area contributed by atoms with Crippen LogP contribution in [-0.2, 0) is 17.8 Å². The molecule has 0 saturated heterocycles. The lowest BCUT2D eigenvalue weighted by molar-refractivity contribution is -0.130. The molecule has 3 N–H and O–H groups in total. The number of amides is 1. The Kier molecular flexibility index (Phi) is 4.50. The molecule has 5 nitrogen and oxygen atoms in total. The van der Waals surface area contributed by atoms with Crippen LogP contribution in [0.25, 0.3) is 0 Å². The minimum atomic E-state index is -0.152. The lowest BCUT2D eigenvalue weighted by atomic mass is 10.00. The zero-order valence-electron chi connectivity index (χ0n) is 13.0. The summed E-state index contributed by atoms with van der Waals surface area (Å²) >= 11 is 0. The van der Waals surface area contributed by atoms with Crippen molar-refractivity contribution in [2.75, 3.05) is 13.1 Å². The largest absolute Gasteiger partial charge is 0.370 e. The van der Waals surface area contributed by atoms with Gasteiger partial charge in [0.05, 0.1) is 0 Å². The Bertz CT molecular complexity index is 545. The van der Waals surface area contributed by atoms with Crippen LogP contribution in [-0.4, -0.2) is 35.4 Å². The zero-order chi connectivity index (χ0) is 15.5. The maximum absolute atomic E-state index is 12.2. The van der Waals surface area contributed by atoms with E-state index in [0.29, 0.717) is 12.5 Å². The van der Waals surface area contributed by atoms with E-state index in [4.69, 9.17) is 5.73 Å². The molecule has 0 spiro atoms. The van der Waals surface area contributed by atoms with Crippen molar-refractivity contribution < 1.29 is 4.79 Å². The van der Waals surface area contributed by atoms with Crippen LogP contribution in [0.15, 0.2) is 29.3 Å². The molecular weight excluding hydrogens is 264 g/mol. The van der Waals surface area contributed by atoms with E-state index in [2.05, 4.69) is 22.4 Å². The molecule has 5 heteroatoms. The summed E-state index contributed by atoms with van der Waals surface area (Å²) in [6.45, 7) is 7.50. The molecule has 114 valence electrons. The van der Waals surface area contributed by atoms with E-state index in [-0.39, 0.29) is 18.0 Å². The van der Waals surface area contributed by atoms with Crippen LogP contribution < -0.4 is 11.1 Å². The molecule has 0 bridgehead atoms. The fourth-order valence-corrected chi connectivity index (χ4v) is 2.39. The molecule has 0 fully saturated rings. The van der Waals surface area contributed by atoms with Crippen LogP contribution in [0.2, 0.25) is 0 Å². The molecular formula is C16H24N4O. The van der Waals surface area contributed by atoms with Crippen molar-refractivity contribution in [1.29, 1.82) is 0 Å². The second-order valence-corrected chi connectivity index (χ2v) is 6.41. The third-order valence-corrected chi connectivity index (χ3v) is 3.37. The number of carbonyl (C=O) groups excluding carboxylic acids is 1. The third kappa shape index (κ3) is 4.48. The minimum Gasteiger partial charge on any atom is -0.370 e. The molecule has 1 amide bonds. The first-order valence-electron chi connectivity index (χ1n) is 7.28. The minimum absolute atomic E-state index is 0.0168. The van der Waals surface area contributed by atoms with E-state index in [1.54, 1.807) is 0 Å². The van der Waals surface area contributed by atoms with Gasteiger partial charge in [-0.1, -0.05) is 24.3 Å². The molecule has 1 aromatic carbocycles. The number of nitrogens with zero attached hydrogens (tertiary/aromatic N) is 2. The normalized spacial score (nSPS) is 15.6. The van der Waals surface area contributed by atoms with Gasteiger partial charge in [-0.3, -0.25) is 4.79 Å². The van der Waals surface area contributed by atoms with Gasteiger partial charge in [0.2, 0.25) is 5.91 Å². The second-order valence-electron chi connectivity index (χ2n) is 6.41. The van der Waals surface area contributed by atoms with Gasteiger partial charge in [-0.25, -0.2) is 4.99 Å². The number of hydrogen-bond donors (Lipinski definition) is 2. The Hall–Kier alpha value is -2.04. The van der Waals surface area contributed by atoms with E-state index in [9.17, 15) is 4.79 Å². The molecule has 0 radical (unpaired) electrons. The Labute approximate surface area is 126 Å². The lowest BCUT2D eigenvalue weighted by Gasteiger charge is -2.28. The molecule has 0 aromatic heterocycles. The molecule has 1 aromatic rings. The van der Waals surface area contributed by atoms with E-state index in [1.807, 2.05) is 37.8 Å². The Morgan fingerprint density at radius 1 is 1.33 bits per heavy atom. The molecule has 0 saturated carbocycles. The van der Waals surface area contributed by atoms with Crippen LogP contribution in [0.5, 0.6) is 0 Å². The number of nitrogens with one attached hydrogen (secondary N) is 1. The highest BCUT2D eigenvalue weighted by molar-refractivity contribution is 5.84. The third-order valence-electron chi connectivity index (χ3n) is 3.37. The average molecular weight is 288 g/mol. The van der Waals surface area contributed by atoms with E-state index in [0.717, 1.165) is 13.0 Å². The van der Waals surface area contributed by atoms with E-state index in [1.165, 1.54) is 11.1 Å². The Morgan fingerprint density at radius 2 is 2.00 bits per heavy atom. The molecule has 0 unspecified atom stereocenters. The number of benzene rings is 1. The van der Waals surface area contributed by atoms with Crippen LogP contribution in [0.3, 0.4) is 0 Å². The standard InChI is InChI=1S/C16H24N4O/c1-16(2,3)19-15(17)18-10-14(21)20-9-8-12-6-4-5-7-13(12)11-20/h4-7H,8-11H2,1-3H3,(H3,17,18,19). The fourth-order valence-electron chi connectivity index (χ4n) is 2.39. The molecule has 2 rings (SSSR count). The topological polar surface area (TPSA) is 70.7 Å². The quantitative estimate of drug-likeness (QED) is 0.636. The number of nitrogens with two attached hydrogens (primary N) is 1. The van der Waals surface area contributed by atoms with Crippen LogP contribution in [0.1, 0.15) is 31.9 Å². The second kappa shape index (κ2) is 6.16. The summed E-state index contributed by atoms with van der Waals surface area (Å²) in [6, 6.07) is 8.25. The van der Waals surface area contributed by atoms with Gasteiger partial charge in [0, 0.05) is 18.6 Å². The molecule has 1 heterocycles. The molecule has 1 aliphatic heterocycles. The van der Waals surface area contributed by atoms with Crippen molar-refractivity contribution in [3.63, 3.8) is 0 Å². The summed E-state index contributed by atoms with van der Waals surface area (Å²) in [5.74, 6) is 0.330. The van der Waals surface area contributed by atoms with Crippen molar-refractivity contribution in [3.8, 4) is 0 Å². The highest BCUT2D eigenvalue weighted by Gasteiger charge is 2.20. The van der Waals surface area contributed by atoms with Crippen molar-refractivity contribution >= 4 is 11.9 Å². The highest BCUT2D eigenvalue weighted by atomic mass is 16.2. The van der Waals surface area contributed by atoms with Crippen molar-refractivity contribution in [1.82, 2.24) is 10.2 Å². The maximum Gasteiger partial charge on any atom is 0.244 e. The van der Waals surface area contributed by atoms with Crippen molar-refractivity contribution in [3.05, 3.63) is 35.4 Å². The predicted molar refractivity (Wildman–Crippen MR) is 84.9 cm³/mol. The fraction of sp³-hybridized carbons (Fsp3) is 0.500. The van der Waals surface area contributed by atoms with Gasteiger partial charge in [-0.2, -0.15) is 0 Å². The molecule has 21 heavy (non-hydrogen) atoms. The highest BCUT2D eigenvalue weighted by Crippen LogP contribution is 2.18. The van der Waals surface area contributed by atoms with Crippen molar-refractivity contribution in [2.45, 2.75) is 39.3 Å². The summed E-state index contributed by atoms with van der Waals surface area (Å²) in [7, 11) is 0. The van der Waals surface area contributed by atoms with Gasteiger partial charge in [-0.15, -0.1) is 0 Å². The van der Waals surface area contributed by atoms with Gasteiger partial charge >= 0.3 is 0 Å². The first-order chi connectivity index (χ1) is 9.85. The van der Waals surface area contributed by atoms with E-state index >= 15 is 0 Å². The van der Waals surface area contributed by atoms with Crippen LogP contribution in [0, 0.1) is 0 Å². The SMILES string of the molecule is CC(C)(C)NC(N)=NCC(=O)N1CCc2ccccc2C1. The Morgan fingerprint density at radius 3 is 2.67 bits per heavy atom. The molecule has 1 aliphatic rings. The van der Waals surface area contributed by atoms with Crippen LogP contribution in [0.4, 0.5) is 0 Å². The number of carbonyl (C=O) groups is 1. The smallest absolute Gasteiger partial charge is 0.244 e. The molecule has 0 aliphatic carbocycles. The van der Waals surface area contributed by atoms with Gasteiger partial charge < -0.3 is 16.0 Å². The van der Waals surface area contributed by atoms with Gasteiger partial charge in [0.25, 0.3) is 0 Å². The summed E-state index contributed by atoms with van der Waals surface area (Å²) in [4.78, 5) is 18.2. The summed E-state index contributed by atoms with van der Waals surface area (Å²) in [5.41, 5.74) is 8.19. The maximum atomic E-state index is 12.2. The number of fused-ring (bicyclic) bond motifs is 1. The summed E-state index contributed by atoms with van der Waals surface area (Å²) in [6.07, 6.45) is 0.904. The number of guanidine groups is 1. The first-order valence-corrected chi connectivity index (χ1v) is 7.28. The molecule has 0 atom stereocenters. The Balaban J connectivity index is 1.92. The van der Waals surface area contributed by atoms with Crippen LogP contribution >= 0.6 is 0 Å². The summed E-state index contributed by atoms with van der Waals surface area (Å²) in [5, 5.41) is 3.05. The monoisotopic (exact) mass is 288 g/mol. The van der Waals surface area contributed by atoms with Gasteiger partial charge in [-0.05, 0) is 38.3 Å². The lowest BCUT2D eigenvalue weighted by Crippen LogP contribution is -2.45. The number of hydrogen-bond acceptors (Lipinski definition) is 2. The van der Waals surface area contributed by atoms with Crippen molar-refractivity contribution in [2.24, 2.45) is 10.7 Å². The van der Waals surface area contributed by atoms with Gasteiger partial charge in [0.15, 0.2) is 5.96 Å². The summed E-state index contributed by atoms with van der Waals surface area (Å²) < 4.78 is 0. The van der Waals surface area contributed by atoms with E-state index < -0.39 is 0 Å².